The second-order valence-electron chi connectivity index (χ2n) is 9.68. The summed E-state index contributed by atoms with van der Waals surface area (Å²) in [6.45, 7) is 6.06. The predicted molar refractivity (Wildman–Crippen MR) is 147 cm³/mol. The van der Waals surface area contributed by atoms with Crippen molar-refractivity contribution in [3.8, 4) is 0 Å². The lowest BCUT2D eigenvalue weighted by molar-refractivity contribution is -0.122. The summed E-state index contributed by atoms with van der Waals surface area (Å²) in [6, 6.07) is 7.76. The van der Waals surface area contributed by atoms with Crippen molar-refractivity contribution < 1.29 is 23.2 Å². The van der Waals surface area contributed by atoms with E-state index in [0.717, 1.165) is 23.6 Å². The lowest BCUT2D eigenvalue weighted by atomic mass is 9.99. The molecule has 0 spiro atoms. The van der Waals surface area contributed by atoms with E-state index in [0.29, 0.717) is 28.7 Å². The van der Waals surface area contributed by atoms with Gasteiger partial charge in [0.25, 0.3) is 0 Å². The molecular weight excluding hydrogens is 528 g/mol. The number of likely N-dealkylation sites (tertiary alicyclic amines) is 1. The number of hydrogen-bond donors (Lipinski definition) is 2. The molecule has 39 heavy (non-hydrogen) atoms. The highest BCUT2D eigenvalue weighted by Crippen LogP contribution is 2.29. The number of benzene rings is 2. The molecule has 1 aromatic heterocycles. The zero-order valence-corrected chi connectivity index (χ0v) is 22.7. The van der Waals surface area contributed by atoms with Gasteiger partial charge in [0.1, 0.15) is 12.0 Å². The highest BCUT2D eigenvalue weighted by molar-refractivity contribution is 6.30. The minimum atomic E-state index is -1.37. The number of halogens is 3. The number of hydrogen-bond acceptors (Lipinski definition) is 4. The number of ketones is 1. The molecule has 3 aromatic rings. The van der Waals surface area contributed by atoms with Gasteiger partial charge in [-0.25, -0.2) is 18.4 Å². The number of nitrogens with one attached hydrogen (secondary N) is 1. The molecule has 208 valence electrons. The molecule has 2 aromatic carbocycles. The van der Waals surface area contributed by atoms with E-state index in [1.807, 2.05) is 13.8 Å². The third kappa shape index (κ3) is 6.23. The maximum Gasteiger partial charge on any atom is 0.323 e. The highest BCUT2D eigenvalue weighted by Gasteiger charge is 2.39. The van der Waals surface area contributed by atoms with Gasteiger partial charge in [-0.15, -0.1) is 0 Å². The van der Waals surface area contributed by atoms with Gasteiger partial charge < -0.3 is 16.0 Å². The van der Waals surface area contributed by atoms with Crippen molar-refractivity contribution in [2.24, 2.45) is 5.73 Å². The van der Waals surface area contributed by atoms with Crippen LogP contribution in [0, 0.1) is 5.82 Å². The first-order valence-electron chi connectivity index (χ1n) is 13.0. The van der Waals surface area contributed by atoms with Crippen LogP contribution in [-0.4, -0.2) is 64.1 Å². The number of alkyl halides is 1. The van der Waals surface area contributed by atoms with E-state index < -0.39 is 30.1 Å². The Morgan fingerprint density at radius 2 is 1.90 bits per heavy atom. The molecule has 1 aliphatic heterocycles. The molecular formula is C28H32ClF2N5O3. The number of amides is 3. The van der Waals surface area contributed by atoms with Gasteiger partial charge in [0.05, 0.1) is 28.8 Å². The van der Waals surface area contributed by atoms with Crippen LogP contribution in [0.1, 0.15) is 37.8 Å². The standard InChI is InChI=1S/C28H32ClF2N5O3/c1-3-34(4-2)14-17-11-18(26(31)21(29)12-17)9-10-25(37)24-13-19(30)15-36(24)28(39)33-22-16-35(27(32)38)23-8-6-5-7-20(22)23/h5-8,11-12,16,19,24H,3-4,9-10,13-15H2,1-2H3,(H2,32,38)(H,33,39)/t19-,24+/m1/s1. The number of para-hydroxylation sites is 1. The van der Waals surface area contributed by atoms with Crippen molar-refractivity contribution >= 4 is 46.0 Å². The predicted octanol–water partition coefficient (Wildman–Crippen LogP) is 5.35. The molecule has 11 heteroatoms. The molecule has 0 radical (unpaired) electrons. The van der Waals surface area contributed by atoms with Crippen LogP contribution < -0.4 is 11.1 Å². The molecule has 0 saturated carbocycles. The lowest BCUT2D eigenvalue weighted by Gasteiger charge is -2.23. The van der Waals surface area contributed by atoms with Crippen LogP contribution in [0.15, 0.2) is 42.6 Å². The number of carbonyl (C=O) groups excluding carboxylic acids is 3. The number of urea groups is 1. The molecule has 8 nitrogen and oxygen atoms in total. The number of fused-ring (bicyclic) bond motifs is 1. The third-order valence-electron chi connectivity index (χ3n) is 7.18. The Kier molecular flexibility index (Phi) is 8.87. The van der Waals surface area contributed by atoms with Crippen molar-refractivity contribution in [3.63, 3.8) is 0 Å². The summed E-state index contributed by atoms with van der Waals surface area (Å²) in [6.07, 6.45) is -0.126. The average Bonchev–Trinajstić information content (AvgIpc) is 3.49. The number of carbonyl (C=O) groups is 3. The van der Waals surface area contributed by atoms with Crippen molar-refractivity contribution in [2.75, 3.05) is 25.0 Å². The van der Waals surface area contributed by atoms with Gasteiger partial charge in [0, 0.05) is 31.0 Å². The van der Waals surface area contributed by atoms with Gasteiger partial charge in [-0.3, -0.25) is 14.3 Å². The minimum absolute atomic E-state index is 0.0112. The molecule has 1 fully saturated rings. The Morgan fingerprint density at radius 3 is 2.59 bits per heavy atom. The second kappa shape index (κ2) is 12.1. The number of nitrogens with zero attached hydrogens (tertiary/aromatic N) is 3. The van der Waals surface area contributed by atoms with Crippen LogP contribution in [0.2, 0.25) is 5.02 Å². The Balaban J connectivity index is 1.48. The Morgan fingerprint density at radius 1 is 1.18 bits per heavy atom. The first kappa shape index (κ1) is 28.5. The lowest BCUT2D eigenvalue weighted by Crippen LogP contribution is -2.43. The largest absolute Gasteiger partial charge is 0.351 e. The smallest absolute Gasteiger partial charge is 0.323 e. The van der Waals surface area contributed by atoms with Crippen LogP contribution in [0.3, 0.4) is 0 Å². The molecule has 2 atom stereocenters. The number of aromatic nitrogens is 1. The summed E-state index contributed by atoms with van der Waals surface area (Å²) in [7, 11) is 0. The Hall–Kier alpha value is -3.50. The van der Waals surface area contributed by atoms with E-state index >= 15 is 0 Å². The van der Waals surface area contributed by atoms with Crippen LogP contribution in [0.5, 0.6) is 0 Å². The average molecular weight is 560 g/mol. The number of nitrogens with two attached hydrogens (primary N) is 1. The summed E-state index contributed by atoms with van der Waals surface area (Å²) in [4.78, 5) is 41.5. The zero-order chi connectivity index (χ0) is 28.3. The van der Waals surface area contributed by atoms with E-state index in [2.05, 4.69) is 10.2 Å². The number of primary amides is 1. The monoisotopic (exact) mass is 559 g/mol. The van der Waals surface area contributed by atoms with Crippen LogP contribution in [-0.2, 0) is 17.8 Å². The van der Waals surface area contributed by atoms with E-state index in [1.165, 1.54) is 10.8 Å². The van der Waals surface area contributed by atoms with Crippen molar-refractivity contribution in [3.05, 3.63) is 64.6 Å². The molecule has 0 aliphatic carbocycles. The van der Waals surface area contributed by atoms with E-state index in [1.54, 1.807) is 36.4 Å². The SMILES string of the molecule is CCN(CC)Cc1cc(Cl)c(F)c(CCC(=O)[C@@H]2C[C@@H](F)CN2C(=O)Nc2cn(C(N)=O)c3ccccc23)c1. The fraction of sp³-hybridized carbons (Fsp3) is 0.393. The number of anilines is 1. The first-order valence-corrected chi connectivity index (χ1v) is 13.3. The summed E-state index contributed by atoms with van der Waals surface area (Å²) >= 11 is 6.14. The zero-order valence-electron chi connectivity index (χ0n) is 21.9. The number of aryl methyl sites for hydroxylation is 1. The van der Waals surface area contributed by atoms with Crippen LogP contribution in [0.25, 0.3) is 10.9 Å². The summed E-state index contributed by atoms with van der Waals surface area (Å²) in [5, 5.41) is 3.25. The number of rotatable bonds is 9. The first-order chi connectivity index (χ1) is 18.6. The fourth-order valence-corrected chi connectivity index (χ4v) is 5.34. The molecule has 0 bridgehead atoms. The van der Waals surface area contributed by atoms with Gasteiger partial charge in [0.15, 0.2) is 5.78 Å². The second-order valence-corrected chi connectivity index (χ2v) is 10.1. The van der Waals surface area contributed by atoms with Crippen molar-refractivity contribution in [2.45, 2.75) is 51.9 Å². The molecule has 1 saturated heterocycles. The molecule has 4 rings (SSSR count). The quantitative estimate of drug-likeness (QED) is 0.369. The van der Waals surface area contributed by atoms with Crippen molar-refractivity contribution in [1.82, 2.24) is 14.4 Å². The Bertz CT molecular complexity index is 1390. The summed E-state index contributed by atoms with van der Waals surface area (Å²) in [5.41, 5.74) is 7.40. The van der Waals surface area contributed by atoms with Gasteiger partial charge in [-0.1, -0.05) is 49.7 Å². The van der Waals surface area contributed by atoms with E-state index in [9.17, 15) is 23.2 Å². The molecule has 0 unspecified atom stereocenters. The summed E-state index contributed by atoms with van der Waals surface area (Å²) in [5.74, 6) is -0.947. The van der Waals surface area contributed by atoms with E-state index in [-0.39, 0.29) is 36.6 Å². The van der Waals surface area contributed by atoms with Crippen molar-refractivity contribution in [1.29, 1.82) is 0 Å². The van der Waals surface area contributed by atoms with Crippen LogP contribution >= 0.6 is 11.6 Å². The van der Waals surface area contributed by atoms with Gasteiger partial charge in [-0.2, -0.15) is 0 Å². The topological polar surface area (TPSA) is 101 Å². The highest BCUT2D eigenvalue weighted by atomic mass is 35.5. The van der Waals surface area contributed by atoms with Gasteiger partial charge in [0.2, 0.25) is 0 Å². The summed E-state index contributed by atoms with van der Waals surface area (Å²) < 4.78 is 30.4. The van der Waals surface area contributed by atoms with Crippen LogP contribution in [0.4, 0.5) is 24.1 Å². The van der Waals surface area contributed by atoms with Gasteiger partial charge >= 0.3 is 12.1 Å². The van der Waals surface area contributed by atoms with Gasteiger partial charge in [-0.05, 0) is 42.8 Å². The number of Topliss-reactive ketones (excluding diaryl/α,β-unsaturated/α-hetero) is 1. The maximum atomic E-state index is 14.8. The Labute approximate surface area is 230 Å². The molecule has 1 aliphatic rings. The molecule has 2 heterocycles. The minimum Gasteiger partial charge on any atom is -0.351 e. The fourth-order valence-electron chi connectivity index (χ4n) is 5.07. The van der Waals surface area contributed by atoms with E-state index in [4.69, 9.17) is 17.3 Å². The maximum absolute atomic E-state index is 14.8. The molecule has 3 N–H and O–H groups in total. The molecule has 3 amide bonds. The normalized spacial score (nSPS) is 17.2. The third-order valence-corrected chi connectivity index (χ3v) is 7.45.